The molecule has 0 spiro atoms. The van der Waals surface area contributed by atoms with Crippen molar-refractivity contribution in [1.82, 2.24) is 15.0 Å². The predicted molar refractivity (Wildman–Crippen MR) is 115 cm³/mol. The van der Waals surface area contributed by atoms with Crippen molar-refractivity contribution in [2.24, 2.45) is 0 Å². The highest BCUT2D eigenvalue weighted by atomic mass is 16.5. The van der Waals surface area contributed by atoms with Crippen LogP contribution in [0.1, 0.15) is 27.7 Å². The zero-order valence-corrected chi connectivity index (χ0v) is 17.8. The summed E-state index contributed by atoms with van der Waals surface area (Å²) in [7, 11) is 0. The summed E-state index contributed by atoms with van der Waals surface area (Å²) in [6, 6.07) is 11.3. The van der Waals surface area contributed by atoms with Gasteiger partial charge in [-0.1, -0.05) is 0 Å². The molecule has 0 atom stereocenters. The predicted octanol–water partition coefficient (Wildman–Crippen LogP) is 4.80. The average molecular weight is 409 g/mol. The van der Waals surface area contributed by atoms with E-state index in [1.807, 2.05) is 64.1 Å². The second-order valence-corrected chi connectivity index (χ2v) is 6.18. The number of rotatable bonds is 10. The van der Waals surface area contributed by atoms with Gasteiger partial charge in [-0.25, -0.2) is 15.0 Å². The first kappa shape index (κ1) is 21.4. The average Bonchev–Trinajstić information content (AvgIpc) is 2.75. The molecule has 0 aliphatic carbocycles. The van der Waals surface area contributed by atoms with Crippen LogP contribution in [0.2, 0.25) is 0 Å². The Balaban J connectivity index is 2.03. The molecule has 0 aliphatic rings. The molecule has 1 heterocycles. The fourth-order valence-corrected chi connectivity index (χ4v) is 2.99. The van der Waals surface area contributed by atoms with Crippen molar-refractivity contribution in [1.29, 1.82) is 0 Å². The van der Waals surface area contributed by atoms with Gasteiger partial charge in [0.05, 0.1) is 37.6 Å². The molecule has 0 saturated carbocycles. The number of benzene rings is 2. The number of ether oxygens (including phenoxy) is 4. The zero-order valence-electron chi connectivity index (χ0n) is 17.8. The Morgan fingerprint density at radius 2 is 1.03 bits per heavy atom. The van der Waals surface area contributed by atoms with E-state index in [0.717, 1.165) is 22.6 Å². The van der Waals surface area contributed by atoms with Crippen LogP contribution >= 0.6 is 0 Å². The van der Waals surface area contributed by atoms with Crippen molar-refractivity contribution in [2.45, 2.75) is 27.7 Å². The second-order valence-electron chi connectivity index (χ2n) is 6.18. The molecule has 0 aliphatic heterocycles. The highest BCUT2D eigenvalue weighted by Crippen LogP contribution is 2.35. The summed E-state index contributed by atoms with van der Waals surface area (Å²) in [6.45, 7) is 9.96. The number of aromatic nitrogens is 3. The van der Waals surface area contributed by atoms with Crippen molar-refractivity contribution < 1.29 is 18.9 Å². The molecule has 1 aromatic heterocycles. The molecule has 3 aromatic rings. The molecule has 7 heteroatoms. The molecule has 0 fully saturated rings. The minimum Gasteiger partial charge on any atom is -0.494 e. The van der Waals surface area contributed by atoms with Crippen molar-refractivity contribution in [2.75, 3.05) is 26.4 Å². The third-order valence-corrected chi connectivity index (χ3v) is 4.18. The Bertz CT molecular complexity index is 904. The lowest BCUT2D eigenvalue weighted by atomic mass is 10.1. The lowest BCUT2D eigenvalue weighted by Gasteiger charge is -2.14. The summed E-state index contributed by atoms with van der Waals surface area (Å²) in [5.74, 6) is 3.84. The molecular formula is C23H27N3O4. The van der Waals surface area contributed by atoms with Crippen molar-refractivity contribution in [3.05, 3.63) is 42.7 Å². The van der Waals surface area contributed by atoms with E-state index >= 15 is 0 Å². The van der Waals surface area contributed by atoms with Gasteiger partial charge in [-0.3, -0.25) is 0 Å². The molecule has 7 nitrogen and oxygen atoms in total. The van der Waals surface area contributed by atoms with Crippen LogP contribution in [0.4, 0.5) is 0 Å². The maximum Gasteiger partial charge on any atom is 0.167 e. The van der Waals surface area contributed by atoms with Crippen LogP contribution in [0.3, 0.4) is 0 Å². The van der Waals surface area contributed by atoms with Gasteiger partial charge in [0, 0.05) is 12.1 Å². The Kier molecular flexibility index (Phi) is 7.43. The van der Waals surface area contributed by atoms with Crippen LogP contribution in [0, 0.1) is 0 Å². The normalized spacial score (nSPS) is 10.5. The number of hydrogen-bond acceptors (Lipinski definition) is 7. The van der Waals surface area contributed by atoms with E-state index in [4.69, 9.17) is 18.9 Å². The van der Waals surface area contributed by atoms with Crippen LogP contribution in [0.5, 0.6) is 23.0 Å². The molecule has 3 rings (SSSR count). The van der Waals surface area contributed by atoms with E-state index in [0.29, 0.717) is 49.6 Å². The number of nitrogens with zero attached hydrogens (tertiary/aromatic N) is 3. The molecule has 30 heavy (non-hydrogen) atoms. The molecule has 0 saturated heterocycles. The summed E-state index contributed by atoms with van der Waals surface area (Å²) in [4.78, 5) is 13.4. The van der Waals surface area contributed by atoms with E-state index in [2.05, 4.69) is 15.0 Å². The van der Waals surface area contributed by atoms with Gasteiger partial charge in [0.2, 0.25) is 0 Å². The lowest BCUT2D eigenvalue weighted by Crippen LogP contribution is -2.02. The summed E-state index contributed by atoms with van der Waals surface area (Å²) < 4.78 is 22.8. The third kappa shape index (κ3) is 4.97. The summed E-state index contributed by atoms with van der Waals surface area (Å²) in [5.41, 5.74) is 1.54. The fraction of sp³-hybridized carbons (Fsp3) is 0.348. The number of hydrogen-bond donors (Lipinski definition) is 0. The Morgan fingerprint density at radius 3 is 1.43 bits per heavy atom. The second kappa shape index (κ2) is 10.4. The minimum absolute atomic E-state index is 0.517. The molecule has 158 valence electrons. The van der Waals surface area contributed by atoms with Crippen molar-refractivity contribution >= 4 is 0 Å². The van der Waals surface area contributed by atoms with Crippen molar-refractivity contribution in [3.8, 4) is 45.8 Å². The van der Waals surface area contributed by atoms with Crippen LogP contribution < -0.4 is 18.9 Å². The van der Waals surface area contributed by atoms with E-state index in [1.54, 1.807) is 0 Å². The summed E-state index contributed by atoms with van der Waals surface area (Å²) in [5, 5.41) is 0. The zero-order chi connectivity index (χ0) is 21.3. The highest BCUT2D eigenvalue weighted by Gasteiger charge is 2.16. The van der Waals surface area contributed by atoms with Crippen molar-refractivity contribution in [3.63, 3.8) is 0 Å². The Morgan fingerprint density at radius 1 is 0.600 bits per heavy atom. The summed E-state index contributed by atoms with van der Waals surface area (Å²) in [6.07, 6.45) is 1.50. The van der Waals surface area contributed by atoms with E-state index in [-0.39, 0.29) is 0 Å². The lowest BCUT2D eigenvalue weighted by molar-refractivity contribution is 0.323. The molecule has 0 unspecified atom stereocenters. The maximum absolute atomic E-state index is 5.81. The SMILES string of the molecule is CCOc1ccc(-c2ncnc(-c3ccc(OCC)cc3OCC)n2)c(OCC)c1. The van der Waals surface area contributed by atoms with Gasteiger partial charge in [-0.15, -0.1) is 0 Å². The van der Waals surface area contributed by atoms with Gasteiger partial charge >= 0.3 is 0 Å². The monoisotopic (exact) mass is 409 g/mol. The summed E-state index contributed by atoms with van der Waals surface area (Å²) >= 11 is 0. The van der Waals surface area contributed by atoms with Gasteiger partial charge in [-0.2, -0.15) is 0 Å². The molecule has 2 aromatic carbocycles. The molecule has 0 amide bonds. The quantitative estimate of drug-likeness (QED) is 0.476. The molecule has 0 bridgehead atoms. The molecular weight excluding hydrogens is 382 g/mol. The van der Waals surface area contributed by atoms with Crippen LogP contribution in [0.25, 0.3) is 22.8 Å². The van der Waals surface area contributed by atoms with Gasteiger partial charge in [0.15, 0.2) is 11.6 Å². The van der Waals surface area contributed by atoms with E-state index in [9.17, 15) is 0 Å². The van der Waals surface area contributed by atoms with Gasteiger partial charge in [-0.05, 0) is 52.0 Å². The maximum atomic E-state index is 5.81. The third-order valence-electron chi connectivity index (χ3n) is 4.18. The smallest absolute Gasteiger partial charge is 0.167 e. The molecule has 0 N–H and O–H groups in total. The van der Waals surface area contributed by atoms with Gasteiger partial charge in [0.25, 0.3) is 0 Å². The van der Waals surface area contributed by atoms with Gasteiger partial charge in [0.1, 0.15) is 29.3 Å². The minimum atomic E-state index is 0.517. The standard InChI is InChI=1S/C23H27N3O4/c1-5-27-16-9-11-18(20(13-16)29-7-3)22-24-15-25-23(26-22)19-12-10-17(28-6-2)14-21(19)30-8-4/h9-15H,5-8H2,1-4H3. The van der Waals surface area contributed by atoms with Crippen LogP contribution in [0.15, 0.2) is 42.7 Å². The Labute approximate surface area is 177 Å². The van der Waals surface area contributed by atoms with Gasteiger partial charge < -0.3 is 18.9 Å². The largest absolute Gasteiger partial charge is 0.494 e. The highest BCUT2D eigenvalue weighted by molar-refractivity contribution is 5.70. The first-order valence-electron chi connectivity index (χ1n) is 10.2. The fourth-order valence-electron chi connectivity index (χ4n) is 2.99. The Hall–Kier alpha value is -3.35. The van der Waals surface area contributed by atoms with E-state index < -0.39 is 0 Å². The van der Waals surface area contributed by atoms with E-state index in [1.165, 1.54) is 6.33 Å². The first-order valence-corrected chi connectivity index (χ1v) is 10.2. The molecule has 0 radical (unpaired) electrons. The van der Waals surface area contributed by atoms with Crippen LogP contribution in [-0.2, 0) is 0 Å². The van der Waals surface area contributed by atoms with Crippen LogP contribution in [-0.4, -0.2) is 41.4 Å². The first-order chi connectivity index (χ1) is 14.7. The topological polar surface area (TPSA) is 75.6 Å².